The number of thioether (sulfide) groups is 1. The molecule has 0 saturated carbocycles. The van der Waals surface area contributed by atoms with Gasteiger partial charge < -0.3 is 24.4 Å². The number of nitrogens with one attached hydrogen (secondary N) is 2. The molecule has 0 aromatic heterocycles. The van der Waals surface area contributed by atoms with Gasteiger partial charge in [-0.1, -0.05) is 0 Å². The topological polar surface area (TPSA) is 138 Å². The zero-order valence-electron chi connectivity index (χ0n) is 12.5. The van der Waals surface area contributed by atoms with Gasteiger partial charge in [-0.2, -0.15) is 0 Å². The van der Waals surface area contributed by atoms with E-state index in [2.05, 4.69) is 15.5 Å². The Kier molecular flexibility index (Phi) is 5.38. The number of amides is 1. The number of hydrogen-bond acceptors (Lipinski definition) is 10. The van der Waals surface area contributed by atoms with E-state index in [4.69, 9.17) is 14.2 Å². The summed E-state index contributed by atoms with van der Waals surface area (Å²) in [5.41, 5.74) is 0. The molecule has 1 amide bonds. The van der Waals surface area contributed by atoms with Crippen molar-refractivity contribution in [2.75, 3.05) is 31.4 Å². The first-order valence-electron chi connectivity index (χ1n) is 7.37. The van der Waals surface area contributed by atoms with Crippen LogP contribution in [0.4, 0.5) is 0 Å². The van der Waals surface area contributed by atoms with Gasteiger partial charge >= 0.3 is 5.97 Å². The highest BCUT2D eigenvalue weighted by Crippen LogP contribution is 2.30. The molecular formula is C12H17N3O8S. The number of esters is 1. The predicted octanol–water partition coefficient (Wildman–Crippen LogP) is -1.95. The summed E-state index contributed by atoms with van der Waals surface area (Å²) in [6.45, 7) is -0.204. The van der Waals surface area contributed by atoms with E-state index in [1.54, 1.807) is 11.8 Å². The third-order valence-corrected chi connectivity index (χ3v) is 4.85. The molecule has 0 radical (unpaired) electrons. The lowest BCUT2D eigenvalue weighted by molar-refractivity contribution is -0.769. The number of rotatable bonds is 6. The summed E-state index contributed by atoms with van der Waals surface area (Å²) >= 11 is 1.60. The maximum atomic E-state index is 11.9. The first kappa shape index (κ1) is 17.2. The Balaban J connectivity index is 1.42. The molecule has 3 fully saturated rings. The zero-order chi connectivity index (χ0) is 17.1. The van der Waals surface area contributed by atoms with Crippen molar-refractivity contribution in [3.63, 3.8) is 0 Å². The second-order valence-corrected chi connectivity index (χ2v) is 6.51. The maximum absolute atomic E-state index is 11.9. The molecule has 0 unspecified atom stereocenters. The lowest BCUT2D eigenvalue weighted by Gasteiger charge is -2.17. The number of carbonyl (C=O) groups is 2. The molecule has 24 heavy (non-hydrogen) atoms. The number of ether oxygens (including phenoxy) is 3. The van der Waals surface area contributed by atoms with Crippen LogP contribution >= 0.6 is 11.8 Å². The molecule has 0 bridgehead atoms. The minimum Gasteiger partial charge on any atom is -0.456 e. The smallest absolute Gasteiger partial charge is 0.325 e. The quantitative estimate of drug-likeness (QED) is 0.311. The molecule has 0 aromatic carbocycles. The van der Waals surface area contributed by atoms with Crippen LogP contribution in [0.15, 0.2) is 0 Å². The molecule has 3 aliphatic rings. The van der Waals surface area contributed by atoms with Gasteiger partial charge in [-0.15, -0.1) is 21.9 Å². The highest BCUT2D eigenvalue weighted by Gasteiger charge is 2.51. The predicted molar refractivity (Wildman–Crippen MR) is 78.5 cm³/mol. The van der Waals surface area contributed by atoms with E-state index in [9.17, 15) is 19.7 Å². The second kappa shape index (κ2) is 7.51. The van der Waals surface area contributed by atoms with Gasteiger partial charge in [-0.05, 0) is 0 Å². The van der Waals surface area contributed by atoms with Gasteiger partial charge in [0, 0.05) is 11.6 Å². The summed E-state index contributed by atoms with van der Waals surface area (Å²) in [6, 6.07) is -0.305. The van der Waals surface area contributed by atoms with Gasteiger partial charge in [-0.3, -0.25) is 14.9 Å². The highest BCUT2D eigenvalue weighted by molar-refractivity contribution is 7.99. The van der Waals surface area contributed by atoms with Gasteiger partial charge in [0.1, 0.15) is 18.8 Å². The van der Waals surface area contributed by atoms with Crippen molar-refractivity contribution in [2.24, 2.45) is 0 Å². The van der Waals surface area contributed by atoms with Crippen molar-refractivity contribution in [1.82, 2.24) is 10.6 Å². The molecule has 12 heteroatoms. The third kappa shape index (κ3) is 3.88. The molecule has 0 aliphatic carbocycles. The molecule has 3 saturated heterocycles. The van der Waals surface area contributed by atoms with Gasteiger partial charge in [-0.25, -0.2) is 0 Å². The van der Waals surface area contributed by atoms with Gasteiger partial charge in [0.25, 0.3) is 5.09 Å². The molecule has 3 rings (SSSR count). The lowest BCUT2D eigenvalue weighted by atomic mass is 10.1. The van der Waals surface area contributed by atoms with Gasteiger partial charge in [0.05, 0.1) is 19.3 Å². The number of hydrogen-bond donors (Lipinski definition) is 2. The molecule has 0 aromatic rings. The van der Waals surface area contributed by atoms with Crippen molar-refractivity contribution < 1.29 is 33.7 Å². The van der Waals surface area contributed by atoms with E-state index in [0.29, 0.717) is 11.6 Å². The van der Waals surface area contributed by atoms with Crippen LogP contribution in [0.5, 0.6) is 0 Å². The standard InChI is InChI=1S/C12H17N3O8S/c16-9(1-13-12(17)6-4-24-5-14-6)22-7-2-20-11-8(23-15(18)19)3-21-10(7)11/h6-8,10-11,14H,1-5H2,(H,13,17)/t6-,7+,8-,10+,11+/m0/s1. The Morgan fingerprint density at radius 3 is 2.67 bits per heavy atom. The third-order valence-electron chi connectivity index (χ3n) is 3.91. The summed E-state index contributed by atoms with van der Waals surface area (Å²) in [5.74, 6) is 0.488. The second-order valence-electron chi connectivity index (χ2n) is 5.48. The van der Waals surface area contributed by atoms with E-state index in [1.807, 2.05) is 0 Å². The monoisotopic (exact) mass is 363 g/mol. The fraction of sp³-hybridized carbons (Fsp3) is 0.833. The fourth-order valence-corrected chi connectivity index (χ4v) is 3.73. The first-order chi connectivity index (χ1) is 11.5. The van der Waals surface area contributed by atoms with Crippen molar-refractivity contribution >= 4 is 23.6 Å². The minimum atomic E-state index is -0.899. The van der Waals surface area contributed by atoms with Crippen LogP contribution in [0.1, 0.15) is 0 Å². The van der Waals surface area contributed by atoms with E-state index < -0.39 is 35.5 Å². The molecule has 2 N–H and O–H groups in total. The van der Waals surface area contributed by atoms with Crippen LogP contribution in [-0.2, 0) is 28.6 Å². The van der Waals surface area contributed by atoms with Crippen LogP contribution in [0.3, 0.4) is 0 Å². The summed E-state index contributed by atoms with van der Waals surface area (Å²) in [5, 5.41) is 15.0. The molecule has 3 aliphatic heterocycles. The van der Waals surface area contributed by atoms with Crippen LogP contribution in [0.2, 0.25) is 0 Å². The highest BCUT2D eigenvalue weighted by atomic mass is 32.2. The first-order valence-corrected chi connectivity index (χ1v) is 8.53. The fourth-order valence-electron chi connectivity index (χ4n) is 2.79. The van der Waals surface area contributed by atoms with E-state index >= 15 is 0 Å². The van der Waals surface area contributed by atoms with Crippen LogP contribution in [0, 0.1) is 10.1 Å². The Labute approximate surface area is 140 Å². The number of carbonyl (C=O) groups excluding carboxylic acids is 2. The van der Waals surface area contributed by atoms with Crippen LogP contribution < -0.4 is 10.6 Å². The summed E-state index contributed by atoms with van der Waals surface area (Å²) in [6.07, 6.45) is -2.77. The Bertz CT molecular complexity index is 515. The van der Waals surface area contributed by atoms with Crippen LogP contribution in [0.25, 0.3) is 0 Å². The van der Waals surface area contributed by atoms with Crippen molar-refractivity contribution in [3.8, 4) is 0 Å². The Hall–Kier alpha value is -1.63. The molecule has 11 nitrogen and oxygen atoms in total. The summed E-state index contributed by atoms with van der Waals surface area (Å²) in [7, 11) is 0. The van der Waals surface area contributed by atoms with Crippen molar-refractivity contribution in [1.29, 1.82) is 0 Å². The average Bonchev–Trinajstić information content (AvgIpc) is 3.25. The molecule has 134 valence electrons. The average molecular weight is 363 g/mol. The molecule has 0 spiro atoms. The largest absolute Gasteiger partial charge is 0.456 e. The normalized spacial score (nSPS) is 34.6. The molecule has 5 atom stereocenters. The van der Waals surface area contributed by atoms with Crippen LogP contribution in [-0.4, -0.2) is 78.8 Å². The van der Waals surface area contributed by atoms with E-state index in [-0.39, 0.29) is 31.7 Å². The van der Waals surface area contributed by atoms with Gasteiger partial charge in [0.15, 0.2) is 12.2 Å². The Morgan fingerprint density at radius 2 is 2.00 bits per heavy atom. The number of nitrogens with zero attached hydrogens (tertiary/aromatic N) is 1. The zero-order valence-corrected chi connectivity index (χ0v) is 13.4. The lowest BCUT2D eigenvalue weighted by Crippen LogP contribution is -2.45. The number of fused-ring (bicyclic) bond motifs is 1. The SMILES string of the molecule is O=C(CNC(=O)[C@@H]1CSCN1)O[C@@H]1CO[C@H]2[C@@H]1OC[C@@H]2O[N+](=O)[O-]. The van der Waals surface area contributed by atoms with E-state index in [0.717, 1.165) is 0 Å². The molecule has 3 heterocycles. The summed E-state index contributed by atoms with van der Waals surface area (Å²) in [4.78, 5) is 38.5. The van der Waals surface area contributed by atoms with Gasteiger partial charge in [0.2, 0.25) is 5.91 Å². The molecular weight excluding hydrogens is 346 g/mol. The minimum absolute atomic E-state index is 0.00782. The maximum Gasteiger partial charge on any atom is 0.325 e. The van der Waals surface area contributed by atoms with Crippen molar-refractivity contribution in [2.45, 2.75) is 30.5 Å². The van der Waals surface area contributed by atoms with E-state index in [1.165, 1.54) is 0 Å². The summed E-state index contributed by atoms with van der Waals surface area (Å²) < 4.78 is 16.0. The van der Waals surface area contributed by atoms with Crippen molar-refractivity contribution in [3.05, 3.63) is 10.1 Å². The Morgan fingerprint density at radius 1 is 1.29 bits per heavy atom.